The molecule has 0 nitrogen and oxygen atoms in total. The fraction of sp³-hybridized carbons (Fsp3) is 0.200. The first-order valence-corrected chi connectivity index (χ1v) is 6.66. The fourth-order valence-electron chi connectivity index (χ4n) is 1.93. The molecule has 1 unspecified atom stereocenters. The molecule has 0 aliphatic carbocycles. The number of halogens is 3. The summed E-state index contributed by atoms with van der Waals surface area (Å²) in [5.74, 6) is 0.355. The van der Waals surface area contributed by atoms with E-state index in [1.807, 2.05) is 30.3 Å². The summed E-state index contributed by atoms with van der Waals surface area (Å²) in [6, 6.07) is 14.3. The average molecular weight is 283 g/mol. The van der Waals surface area contributed by atoms with Crippen LogP contribution in [-0.2, 0) is 6.42 Å². The number of benzene rings is 2. The molecule has 2 aromatic rings. The summed E-state index contributed by atoms with van der Waals surface area (Å²) in [4.78, 5) is 0. The lowest BCUT2D eigenvalue weighted by molar-refractivity contribution is 0.621. The molecule has 1 atom stereocenters. The van der Waals surface area contributed by atoms with Gasteiger partial charge in [0, 0.05) is 16.8 Å². The molecule has 0 aliphatic heterocycles. The molecule has 18 heavy (non-hydrogen) atoms. The molecule has 94 valence electrons. The molecule has 0 saturated heterocycles. The summed E-state index contributed by atoms with van der Waals surface area (Å²) < 4.78 is 13.2. The predicted octanol–water partition coefficient (Wildman–Crippen LogP) is 5.04. The highest BCUT2D eigenvalue weighted by atomic mass is 35.5. The SMILES string of the molecule is Fc1cccc(C(CCl)Cc2ccc(Cl)cc2)c1. The lowest BCUT2D eigenvalue weighted by atomic mass is 9.93. The van der Waals surface area contributed by atoms with Crippen LogP contribution < -0.4 is 0 Å². The Labute approximate surface area is 116 Å². The summed E-state index contributed by atoms with van der Waals surface area (Å²) in [6.45, 7) is 0. The molecule has 2 aromatic carbocycles. The van der Waals surface area contributed by atoms with Gasteiger partial charge in [0.1, 0.15) is 5.82 Å². The third-order valence-corrected chi connectivity index (χ3v) is 3.53. The van der Waals surface area contributed by atoms with Gasteiger partial charge < -0.3 is 0 Å². The molecule has 0 aliphatic rings. The van der Waals surface area contributed by atoms with Crippen molar-refractivity contribution in [1.82, 2.24) is 0 Å². The third kappa shape index (κ3) is 3.47. The molecule has 0 fully saturated rings. The van der Waals surface area contributed by atoms with E-state index in [4.69, 9.17) is 23.2 Å². The van der Waals surface area contributed by atoms with Gasteiger partial charge in [0.2, 0.25) is 0 Å². The lowest BCUT2D eigenvalue weighted by Crippen LogP contribution is -2.05. The lowest BCUT2D eigenvalue weighted by Gasteiger charge is -2.14. The van der Waals surface area contributed by atoms with Crippen LogP contribution in [0.4, 0.5) is 4.39 Å². The number of alkyl halides is 1. The number of hydrogen-bond donors (Lipinski definition) is 0. The second-order valence-corrected chi connectivity index (χ2v) is 4.98. The molecule has 0 bridgehead atoms. The predicted molar refractivity (Wildman–Crippen MR) is 75.0 cm³/mol. The van der Waals surface area contributed by atoms with Crippen molar-refractivity contribution in [3.63, 3.8) is 0 Å². The molecule has 0 saturated carbocycles. The standard InChI is InChI=1S/C15H13Cl2F/c16-10-13(12-2-1-3-15(18)9-12)8-11-4-6-14(17)7-5-11/h1-7,9,13H,8,10H2. The van der Waals surface area contributed by atoms with Gasteiger partial charge in [-0.25, -0.2) is 4.39 Å². The average Bonchev–Trinajstić information content (AvgIpc) is 2.38. The van der Waals surface area contributed by atoms with Crippen LogP contribution in [0, 0.1) is 5.82 Å². The smallest absolute Gasteiger partial charge is 0.123 e. The van der Waals surface area contributed by atoms with Gasteiger partial charge in [-0.05, 0) is 41.8 Å². The van der Waals surface area contributed by atoms with Crippen molar-refractivity contribution < 1.29 is 4.39 Å². The number of rotatable bonds is 4. The highest BCUT2D eigenvalue weighted by Gasteiger charge is 2.12. The molecule has 0 radical (unpaired) electrons. The minimum absolute atomic E-state index is 0.114. The van der Waals surface area contributed by atoms with Gasteiger partial charge in [0.05, 0.1) is 0 Å². The van der Waals surface area contributed by atoms with E-state index in [0.717, 1.165) is 17.5 Å². The Morgan fingerprint density at radius 3 is 2.39 bits per heavy atom. The van der Waals surface area contributed by atoms with Gasteiger partial charge in [-0.3, -0.25) is 0 Å². The molecule has 3 heteroatoms. The van der Waals surface area contributed by atoms with Crippen LogP contribution in [0.15, 0.2) is 48.5 Å². The van der Waals surface area contributed by atoms with Crippen LogP contribution in [0.25, 0.3) is 0 Å². The summed E-state index contributed by atoms with van der Waals surface area (Å²) in [5.41, 5.74) is 2.08. The highest BCUT2D eigenvalue weighted by Crippen LogP contribution is 2.23. The number of hydrogen-bond acceptors (Lipinski definition) is 0. The summed E-state index contributed by atoms with van der Waals surface area (Å²) in [5, 5.41) is 0.715. The van der Waals surface area contributed by atoms with Crippen LogP contribution in [0.5, 0.6) is 0 Å². The van der Waals surface area contributed by atoms with Gasteiger partial charge in [-0.2, -0.15) is 0 Å². The van der Waals surface area contributed by atoms with Crippen LogP contribution in [0.1, 0.15) is 17.0 Å². The first-order valence-electron chi connectivity index (χ1n) is 5.75. The van der Waals surface area contributed by atoms with Crippen molar-refractivity contribution in [2.24, 2.45) is 0 Å². The van der Waals surface area contributed by atoms with Gasteiger partial charge in [0.25, 0.3) is 0 Å². The first-order chi connectivity index (χ1) is 8.69. The van der Waals surface area contributed by atoms with Crippen molar-refractivity contribution in [2.45, 2.75) is 12.3 Å². The zero-order chi connectivity index (χ0) is 13.0. The van der Waals surface area contributed by atoms with Crippen molar-refractivity contribution in [1.29, 1.82) is 0 Å². The largest absolute Gasteiger partial charge is 0.207 e. The van der Waals surface area contributed by atoms with Crippen molar-refractivity contribution in [3.05, 3.63) is 70.5 Å². The third-order valence-electron chi connectivity index (χ3n) is 2.90. The van der Waals surface area contributed by atoms with Gasteiger partial charge >= 0.3 is 0 Å². The van der Waals surface area contributed by atoms with Crippen LogP contribution in [-0.4, -0.2) is 5.88 Å². The Hall–Kier alpha value is -1.05. The zero-order valence-corrected chi connectivity index (χ0v) is 11.3. The van der Waals surface area contributed by atoms with Crippen molar-refractivity contribution >= 4 is 23.2 Å². The molecule has 0 amide bonds. The second kappa shape index (κ2) is 6.21. The molecule has 0 N–H and O–H groups in total. The Kier molecular flexibility index (Phi) is 4.62. The molecular formula is C15H13Cl2F. The van der Waals surface area contributed by atoms with Crippen molar-refractivity contribution in [2.75, 3.05) is 5.88 Å². The Morgan fingerprint density at radius 2 is 1.78 bits per heavy atom. The molecule has 0 aromatic heterocycles. The van der Waals surface area contributed by atoms with E-state index in [1.165, 1.54) is 6.07 Å². The van der Waals surface area contributed by atoms with Crippen LogP contribution in [0.2, 0.25) is 5.02 Å². The molecular weight excluding hydrogens is 270 g/mol. The van der Waals surface area contributed by atoms with E-state index >= 15 is 0 Å². The second-order valence-electron chi connectivity index (χ2n) is 4.24. The Balaban J connectivity index is 2.17. The van der Waals surface area contributed by atoms with Gasteiger partial charge in [-0.1, -0.05) is 35.9 Å². The topological polar surface area (TPSA) is 0 Å². The highest BCUT2D eigenvalue weighted by molar-refractivity contribution is 6.30. The van der Waals surface area contributed by atoms with E-state index in [-0.39, 0.29) is 11.7 Å². The van der Waals surface area contributed by atoms with Crippen LogP contribution >= 0.6 is 23.2 Å². The minimum atomic E-state index is -0.223. The van der Waals surface area contributed by atoms with E-state index in [9.17, 15) is 4.39 Å². The first kappa shape index (κ1) is 13.4. The van der Waals surface area contributed by atoms with E-state index in [0.29, 0.717) is 10.9 Å². The fourth-order valence-corrected chi connectivity index (χ4v) is 2.34. The van der Waals surface area contributed by atoms with E-state index in [2.05, 4.69) is 0 Å². The zero-order valence-electron chi connectivity index (χ0n) is 9.74. The van der Waals surface area contributed by atoms with E-state index < -0.39 is 0 Å². The normalized spacial score (nSPS) is 12.4. The maximum Gasteiger partial charge on any atom is 0.123 e. The van der Waals surface area contributed by atoms with Crippen LogP contribution in [0.3, 0.4) is 0 Å². The maximum atomic E-state index is 13.2. The van der Waals surface area contributed by atoms with Crippen molar-refractivity contribution in [3.8, 4) is 0 Å². The van der Waals surface area contributed by atoms with Gasteiger partial charge in [-0.15, -0.1) is 11.6 Å². The Morgan fingerprint density at radius 1 is 1.06 bits per heavy atom. The minimum Gasteiger partial charge on any atom is -0.207 e. The molecule has 2 rings (SSSR count). The summed E-state index contributed by atoms with van der Waals surface area (Å²) in [6.07, 6.45) is 0.782. The quantitative estimate of drug-likeness (QED) is 0.689. The summed E-state index contributed by atoms with van der Waals surface area (Å²) >= 11 is 11.8. The monoisotopic (exact) mass is 282 g/mol. The van der Waals surface area contributed by atoms with Gasteiger partial charge in [0.15, 0.2) is 0 Å². The maximum absolute atomic E-state index is 13.2. The Bertz CT molecular complexity index is 508. The molecule has 0 heterocycles. The summed E-state index contributed by atoms with van der Waals surface area (Å²) in [7, 11) is 0. The molecule has 0 spiro atoms. The van der Waals surface area contributed by atoms with E-state index in [1.54, 1.807) is 12.1 Å².